The van der Waals surface area contributed by atoms with Gasteiger partial charge in [-0.05, 0) is 140 Å². The highest BCUT2D eigenvalue weighted by Crippen LogP contribution is 2.44. The van der Waals surface area contributed by atoms with E-state index in [-0.39, 0.29) is 5.25 Å². The second-order valence-electron chi connectivity index (χ2n) is 15.4. The zero-order chi connectivity index (χ0) is 45.8. The fourth-order valence-corrected chi connectivity index (χ4v) is 8.71. The van der Waals surface area contributed by atoms with E-state index in [9.17, 15) is 0 Å². The van der Waals surface area contributed by atoms with Crippen LogP contribution in [0.2, 0.25) is 0 Å². The van der Waals surface area contributed by atoms with Gasteiger partial charge in [0.25, 0.3) is 0 Å². The molecule has 1 atom stereocenters. The van der Waals surface area contributed by atoms with Gasteiger partial charge in [0.1, 0.15) is 0 Å². The molecule has 2 aliphatic rings. The van der Waals surface area contributed by atoms with Crippen LogP contribution < -0.4 is 15.1 Å². The average Bonchev–Trinajstić information content (AvgIpc) is 4.05. The van der Waals surface area contributed by atoms with Crippen LogP contribution in [0.3, 0.4) is 0 Å². The molecule has 3 nitrogen and oxygen atoms in total. The van der Waals surface area contributed by atoms with Gasteiger partial charge >= 0.3 is 0 Å². The summed E-state index contributed by atoms with van der Waals surface area (Å²) >= 11 is 1.85. The maximum absolute atomic E-state index is 4.45. The molecular weight excluding hydrogens is 807 g/mol. The first kappa shape index (κ1) is 47.0. The molecule has 0 bridgehead atoms. The predicted molar refractivity (Wildman–Crippen MR) is 286 cm³/mol. The molecule has 4 aromatic rings. The molecule has 324 valence electrons. The molecule has 0 amide bonds. The Morgan fingerprint density at radius 1 is 0.831 bits per heavy atom. The summed E-state index contributed by atoms with van der Waals surface area (Å²) in [6.07, 6.45) is 40.9. The van der Waals surface area contributed by atoms with Crippen molar-refractivity contribution in [3.63, 3.8) is 0 Å². The summed E-state index contributed by atoms with van der Waals surface area (Å²) < 4.78 is 0. The Balaban J connectivity index is 1.29. The van der Waals surface area contributed by atoms with Crippen LogP contribution in [0.4, 0.5) is 22.7 Å². The van der Waals surface area contributed by atoms with Crippen molar-refractivity contribution in [1.82, 2.24) is 0 Å². The quantitative estimate of drug-likeness (QED) is 0.0482. The number of benzene rings is 4. The first-order chi connectivity index (χ1) is 31.8. The van der Waals surface area contributed by atoms with Gasteiger partial charge in [-0.25, -0.2) is 0 Å². The number of nitrogens with one attached hydrogen (secondary N) is 1. The number of para-hydroxylation sites is 1. The Labute approximate surface area is 392 Å². The zero-order valence-corrected chi connectivity index (χ0v) is 38.7. The molecule has 65 heavy (non-hydrogen) atoms. The van der Waals surface area contributed by atoms with Gasteiger partial charge in [0, 0.05) is 45.3 Å². The number of hydrogen-bond acceptors (Lipinski definition) is 4. The van der Waals surface area contributed by atoms with Crippen LogP contribution in [0.25, 0.3) is 11.1 Å². The third-order valence-electron chi connectivity index (χ3n) is 10.6. The Morgan fingerprint density at radius 2 is 1.60 bits per heavy atom. The van der Waals surface area contributed by atoms with E-state index in [1.807, 2.05) is 73.5 Å². The monoisotopic (exact) mass is 865 g/mol. The Hall–Kier alpha value is -7.49. The third kappa shape index (κ3) is 13.3. The lowest BCUT2D eigenvalue weighted by atomic mass is 9.99. The molecule has 0 spiro atoms. The number of rotatable bonds is 22. The summed E-state index contributed by atoms with van der Waals surface area (Å²) in [5, 5.41) is 3.52. The Bertz CT molecular complexity index is 2740. The van der Waals surface area contributed by atoms with E-state index in [0.29, 0.717) is 0 Å². The molecular formula is C61H59N3S. The smallest absolute Gasteiger partial charge is 0.0890 e. The lowest BCUT2D eigenvalue weighted by molar-refractivity contribution is 1.11. The van der Waals surface area contributed by atoms with Crippen LogP contribution in [-0.4, -0.2) is 5.25 Å². The standard InChI is InChI=1S/C61H59N3S/c1-8-11-16-27-50(44-47(4)5)41-43-63(48(6)9-2)60-40-39-57(64(56-35-22-23-36-56)55-33-20-15-21-34-55)46-61(60)65-49(7)58-37-26-38-59(58)51(10-3)28-17-12-13-24-42-62-54-32-25-31-53(45-54)52-29-18-14-19-30-52/h8-26,28-35,37,39-46,49,62H,1-2,4,6,27,38H2,3,5,7H3/b13-12-,16-11-,28-17+,42-24+,43-41-,50-44-,51-10+/t49-/m1/s1. The van der Waals surface area contributed by atoms with Crippen molar-refractivity contribution < 1.29 is 0 Å². The minimum Gasteiger partial charge on any atom is -0.362 e. The first-order valence-electron chi connectivity index (χ1n) is 22.0. The molecule has 2 aliphatic carbocycles. The van der Waals surface area contributed by atoms with E-state index >= 15 is 0 Å². The van der Waals surface area contributed by atoms with Gasteiger partial charge in [-0.3, -0.25) is 0 Å². The summed E-state index contributed by atoms with van der Waals surface area (Å²) in [6, 6.07) is 36.0. The van der Waals surface area contributed by atoms with Crippen LogP contribution in [0.1, 0.15) is 33.6 Å². The van der Waals surface area contributed by atoms with Gasteiger partial charge in [-0.2, -0.15) is 0 Å². The third-order valence-corrected chi connectivity index (χ3v) is 11.8. The SMILES string of the molecule is C=C/C=C\CC(/C=C\N(C(=C)C=C)c1ccc(N(C2=C=CC=C2)c2ccccc2)cc1S[C@H](C)C1=C(C(/C=C/C=C\C=C\Nc2cccc(-c3ccccc3)c2)=C/C)CC=C1)=C/C(=C)C. The van der Waals surface area contributed by atoms with Gasteiger partial charge in [0.15, 0.2) is 0 Å². The van der Waals surface area contributed by atoms with Gasteiger partial charge in [0.2, 0.25) is 0 Å². The second-order valence-corrected chi connectivity index (χ2v) is 16.8. The number of thioether (sulfide) groups is 1. The number of hydrogen-bond donors (Lipinski definition) is 1. The molecule has 0 saturated heterocycles. The van der Waals surface area contributed by atoms with E-state index in [0.717, 1.165) is 63.0 Å². The normalized spacial score (nSPS) is 14.4. The van der Waals surface area contributed by atoms with Crippen LogP contribution in [0, 0.1) is 0 Å². The van der Waals surface area contributed by atoms with Crippen molar-refractivity contribution in [2.24, 2.45) is 0 Å². The molecule has 0 aliphatic heterocycles. The van der Waals surface area contributed by atoms with Crippen LogP contribution in [0.15, 0.2) is 295 Å². The van der Waals surface area contributed by atoms with Gasteiger partial charge in [0.05, 0.1) is 11.4 Å². The summed E-state index contributed by atoms with van der Waals surface area (Å²) in [6.45, 7) is 23.0. The second kappa shape index (κ2) is 24.4. The minimum atomic E-state index is 0.118. The van der Waals surface area contributed by atoms with E-state index in [1.54, 1.807) is 6.08 Å². The van der Waals surface area contributed by atoms with E-state index in [1.165, 1.54) is 27.8 Å². The molecule has 4 aromatic carbocycles. The van der Waals surface area contributed by atoms with Gasteiger partial charge < -0.3 is 15.1 Å². The van der Waals surface area contributed by atoms with E-state index in [4.69, 9.17) is 0 Å². The predicted octanol–water partition coefficient (Wildman–Crippen LogP) is 17.2. The summed E-state index contributed by atoms with van der Waals surface area (Å²) in [5.74, 6) is 0. The number of allylic oxidation sites excluding steroid dienone is 20. The van der Waals surface area contributed by atoms with Crippen molar-refractivity contribution in [2.75, 3.05) is 15.1 Å². The Kier molecular flexibility index (Phi) is 17.6. The average molecular weight is 866 g/mol. The fourth-order valence-electron chi connectivity index (χ4n) is 7.51. The summed E-state index contributed by atoms with van der Waals surface area (Å²) in [4.78, 5) is 5.49. The van der Waals surface area contributed by atoms with Crippen molar-refractivity contribution in [1.29, 1.82) is 0 Å². The summed E-state index contributed by atoms with van der Waals surface area (Å²) in [7, 11) is 0. The Morgan fingerprint density at radius 3 is 2.32 bits per heavy atom. The highest BCUT2D eigenvalue weighted by molar-refractivity contribution is 8.00. The molecule has 0 saturated carbocycles. The highest BCUT2D eigenvalue weighted by atomic mass is 32.2. The highest BCUT2D eigenvalue weighted by Gasteiger charge is 2.23. The lowest BCUT2D eigenvalue weighted by Gasteiger charge is -2.29. The van der Waals surface area contributed by atoms with Crippen molar-refractivity contribution in [3.05, 3.63) is 290 Å². The largest absolute Gasteiger partial charge is 0.362 e. The maximum atomic E-state index is 4.45. The van der Waals surface area contributed by atoms with Crippen molar-refractivity contribution in [3.8, 4) is 11.1 Å². The van der Waals surface area contributed by atoms with Gasteiger partial charge in [-0.15, -0.1) is 11.8 Å². The zero-order valence-electron chi connectivity index (χ0n) is 37.9. The van der Waals surface area contributed by atoms with Crippen LogP contribution >= 0.6 is 11.8 Å². The fraction of sp³-hybridized carbons (Fsp3) is 0.0984. The number of anilines is 4. The number of nitrogens with zero attached hydrogens (tertiary/aromatic N) is 2. The molecule has 0 heterocycles. The molecule has 6 rings (SSSR count). The van der Waals surface area contributed by atoms with E-state index in [2.05, 4.69) is 219 Å². The van der Waals surface area contributed by atoms with Crippen molar-refractivity contribution in [2.45, 2.75) is 43.8 Å². The molecule has 1 N–H and O–H groups in total. The molecule has 0 aromatic heterocycles. The molecule has 0 unspecified atom stereocenters. The maximum Gasteiger partial charge on any atom is 0.0890 e. The molecule has 0 radical (unpaired) electrons. The van der Waals surface area contributed by atoms with Gasteiger partial charge in [-0.1, -0.05) is 171 Å². The summed E-state index contributed by atoms with van der Waals surface area (Å²) in [5.41, 5.74) is 17.7. The molecule has 4 heteroatoms. The molecule has 0 fully saturated rings. The first-order valence-corrected chi connectivity index (χ1v) is 22.9. The van der Waals surface area contributed by atoms with Crippen molar-refractivity contribution >= 4 is 34.5 Å². The topological polar surface area (TPSA) is 18.5 Å². The van der Waals surface area contributed by atoms with E-state index < -0.39 is 0 Å². The van der Waals surface area contributed by atoms with Crippen LogP contribution in [0.5, 0.6) is 0 Å². The van der Waals surface area contributed by atoms with Crippen LogP contribution in [-0.2, 0) is 0 Å². The lowest BCUT2D eigenvalue weighted by Crippen LogP contribution is -2.17. The minimum absolute atomic E-state index is 0.118.